The van der Waals surface area contributed by atoms with Crippen LogP contribution in [0, 0.1) is 6.92 Å². The van der Waals surface area contributed by atoms with Crippen molar-refractivity contribution in [3.63, 3.8) is 0 Å². The van der Waals surface area contributed by atoms with Crippen LogP contribution in [0.15, 0.2) is 52.2 Å². The van der Waals surface area contributed by atoms with Crippen LogP contribution in [0.5, 0.6) is 0 Å². The Morgan fingerprint density at radius 2 is 1.93 bits per heavy atom. The SMILES string of the molecule is Cc1occc1-c1nnc(S[C@H](C)C(=O)N2CC[NH+](Cc3ccccc3)CC2)n1C. The average Bonchev–Trinajstić information content (AvgIpc) is 3.34. The zero-order valence-electron chi connectivity index (χ0n) is 17.7. The molecule has 1 amide bonds. The highest BCUT2D eigenvalue weighted by Gasteiger charge is 2.28. The van der Waals surface area contributed by atoms with Crippen LogP contribution in [0.1, 0.15) is 18.2 Å². The molecule has 30 heavy (non-hydrogen) atoms. The lowest BCUT2D eigenvalue weighted by molar-refractivity contribution is -0.917. The third-order valence-corrected chi connectivity index (χ3v) is 6.77. The van der Waals surface area contributed by atoms with Gasteiger partial charge in [-0.15, -0.1) is 10.2 Å². The molecule has 4 rings (SSSR count). The first-order valence-corrected chi connectivity index (χ1v) is 11.2. The molecule has 1 N–H and O–H groups in total. The Bertz CT molecular complexity index is 992. The van der Waals surface area contributed by atoms with Gasteiger partial charge in [0.2, 0.25) is 5.91 Å². The number of rotatable bonds is 6. The Hall–Kier alpha value is -2.58. The Morgan fingerprint density at radius 1 is 1.20 bits per heavy atom. The molecule has 2 aromatic heterocycles. The highest BCUT2D eigenvalue weighted by Crippen LogP contribution is 2.28. The zero-order valence-corrected chi connectivity index (χ0v) is 18.5. The minimum absolute atomic E-state index is 0.169. The fraction of sp³-hybridized carbons (Fsp3) is 0.409. The number of hydrogen-bond acceptors (Lipinski definition) is 5. The number of amides is 1. The minimum atomic E-state index is -0.207. The highest BCUT2D eigenvalue weighted by atomic mass is 32.2. The van der Waals surface area contributed by atoms with Crippen molar-refractivity contribution in [3.8, 4) is 11.4 Å². The standard InChI is InChI=1S/C22H27N5O2S/c1-16-19(9-14-29-16)20-23-24-22(25(20)3)30-17(2)21(28)27-12-10-26(11-13-27)15-18-7-5-4-6-8-18/h4-9,14,17H,10-13,15H2,1-3H3/p+1/t17-/m1/s1. The number of furan rings is 1. The van der Waals surface area contributed by atoms with Crippen molar-refractivity contribution in [2.45, 2.75) is 30.8 Å². The van der Waals surface area contributed by atoms with Gasteiger partial charge in [-0.1, -0.05) is 42.1 Å². The number of carbonyl (C=O) groups excluding carboxylic acids is 1. The zero-order chi connectivity index (χ0) is 21.1. The maximum Gasteiger partial charge on any atom is 0.236 e. The number of aromatic nitrogens is 3. The molecule has 8 heteroatoms. The fourth-order valence-corrected chi connectivity index (χ4v) is 4.74. The molecule has 1 aliphatic rings. The summed E-state index contributed by atoms with van der Waals surface area (Å²) < 4.78 is 7.30. The van der Waals surface area contributed by atoms with E-state index < -0.39 is 0 Å². The van der Waals surface area contributed by atoms with Crippen LogP contribution in [-0.4, -0.2) is 57.0 Å². The van der Waals surface area contributed by atoms with Gasteiger partial charge >= 0.3 is 0 Å². The van der Waals surface area contributed by atoms with E-state index in [1.165, 1.54) is 22.2 Å². The Kier molecular flexibility index (Phi) is 6.24. The van der Waals surface area contributed by atoms with Gasteiger partial charge in [-0.2, -0.15) is 0 Å². The van der Waals surface area contributed by atoms with Crippen molar-refractivity contribution in [2.24, 2.45) is 7.05 Å². The highest BCUT2D eigenvalue weighted by molar-refractivity contribution is 8.00. The summed E-state index contributed by atoms with van der Waals surface area (Å²) in [6, 6.07) is 12.4. The number of piperazine rings is 1. The van der Waals surface area contributed by atoms with Crippen LogP contribution in [0.2, 0.25) is 0 Å². The number of nitrogens with zero attached hydrogens (tertiary/aromatic N) is 4. The van der Waals surface area contributed by atoms with Crippen LogP contribution >= 0.6 is 11.8 Å². The topological polar surface area (TPSA) is 68.6 Å². The van der Waals surface area contributed by atoms with E-state index in [2.05, 4.69) is 34.5 Å². The molecule has 158 valence electrons. The van der Waals surface area contributed by atoms with E-state index >= 15 is 0 Å². The van der Waals surface area contributed by atoms with Gasteiger partial charge in [0.15, 0.2) is 11.0 Å². The van der Waals surface area contributed by atoms with E-state index in [0.29, 0.717) is 0 Å². The second kappa shape index (κ2) is 9.06. The smallest absolute Gasteiger partial charge is 0.236 e. The maximum atomic E-state index is 13.0. The van der Waals surface area contributed by atoms with Crippen LogP contribution in [0.25, 0.3) is 11.4 Å². The van der Waals surface area contributed by atoms with E-state index in [0.717, 1.165) is 55.0 Å². The summed E-state index contributed by atoms with van der Waals surface area (Å²) >= 11 is 1.46. The van der Waals surface area contributed by atoms with Crippen LogP contribution in [-0.2, 0) is 18.4 Å². The van der Waals surface area contributed by atoms with Crippen molar-refractivity contribution >= 4 is 17.7 Å². The van der Waals surface area contributed by atoms with Gasteiger partial charge in [-0.25, -0.2) is 0 Å². The van der Waals surface area contributed by atoms with Crippen molar-refractivity contribution in [1.29, 1.82) is 0 Å². The summed E-state index contributed by atoms with van der Waals surface area (Å²) in [4.78, 5) is 16.5. The molecule has 1 aromatic carbocycles. The first-order valence-electron chi connectivity index (χ1n) is 10.3. The van der Waals surface area contributed by atoms with Crippen molar-refractivity contribution < 1.29 is 14.1 Å². The van der Waals surface area contributed by atoms with Crippen LogP contribution in [0.3, 0.4) is 0 Å². The molecule has 0 spiro atoms. The number of hydrogen-bond donors (Lipinski definition) is 1. The molecule has 1 fully saturated rings. The second-order valence-electron chi connectivity index (χ2n) is 7.75. The molecule has 1 saturated heterocycles. The number of nitrogens with one attached hydrogen (secondary N) is 1. The molecule has 3 heterocycles. The number of quaternary nitrogens is 1. The van der Waals surface area contributed by atoms with Gasteiger partial charge in [-0.3, -0.25) is 4.79 Å². The Labute approximate surface area is 181 Å². The third-order valence-electron chi connectivity index (χ3n) is 5.64. The number of thioether (sulfide) groups is 1. The number of carbonyl (C=O) groups is 1. The maximum absolute atomic E-state index is 13.0. The predicted molar refractivity (Wildman–Crippen MR) is 116 cm³/mol. The van der Waals surface area contributed by atoms with E-state index in [1.807, 2.05) is 42.5 Å². The van der Waals surface area contributed by atoms with Crippen molar-refractivity contribution in [1.82, 2.24) is 19.7 Å². The summed E-state index contributed by atoms with van der Waals surface area (Å²) in [5.41, 5.74) is 2.27. The Morgan fingerprint density at radius 3 is 2.60 bits per heavy atom. The van der Waals surface area contributed by atoms with Crippen molar-refractivity contribution in [3.05, 3.63) is 54.0 Å². The minimum Gasteiger partial charge on any atom is -0.469 e. The van der Waals surface area contributed by atoms with Gasteiger partial charge in [0.05, 0.1) is 43.3 Å². The predicted octanol–water partition coefficient (Wildman–Crippen LogP) is 1.79. The summed E-state index contributed by atoms with van der Waals surface area (Å²) in [5.74, 6) is 1.73. The molecule has 1 atom stereocenters. The number of aryl methyl sites for hydroxylation is 1. The molecule has 0 aliphatic carbocycles. The lowest BCUT2D eigenvalue weighted by atomic mass is 10.2. The van der Waals surface area contributed by atoms with Gasteiger partial charge in [0, 0.05) is 12.6 Å². The van der Waals surface area contributed by atoms with Gasteiger partial charge in [-0.05, 0) is 19.9 Å². The molecule has 7 nitrogen and oxygen atoms in total. The van der Waals surface area contributed by atoms with Crippen molar-refractivity contribution in [2.75, 3.05) is 26.2 Å². The van der Waals surface area contributed by atoms with Crippen LogP contribution in [0.4, 0.5) is 0 Å². The lowest BCUT2D eigenvalue weighted by Crippen LogP contribution is -3.13. The molecule has 0 saturated carbocycles. The largest absolute Gasteiger partial charge is 0.469 e. The summed E-state index contributed by atoms with van der Waals surface area (Å²) in [5, 5.41) is 9.13. The van der Waals surface area contributed by atoms with Gasteiger partial charge in [0.25, 0.3) is 0 Å². The summed E-state index contributed by atoms with van der Waals surface area (Å²) in [6.07, 6.45) is 1.65. The fourth-order valence-electron chi connectivity index (χ4n) is 3.84. The summed E-state index contributed by atoms with van der Waals surface area (Å²) in [6.45, 7) is 8.42. The van der Waals surface area contributed by atoms with Gasteiger partial charge < -0.3 is 18.8 Å². The lowest BCUT2D eigenvalue weighted by Gasteiger charge is -2.33. The second-order valence-corrected chi connectivity index (χ2v) is 9.06. The average molecular weight is 427 g/mol. The molecular formula is C22H28N5O2S+. The molecule has 0 bridgehead atoms. The first kappa shape index (κ1) is 20.7. The monoisotopic (exact) mass is 426 g/mol. The molecular weight excluding hydrogens is 398 g/mol. The quantitative estimate of drug-likeness (QED) is 0.609. The Balaban J connectivity index is 1.33. The first-order chi connectivity index (χ1) is 14.5. The van der Waals surface area contributed by atoms with E-state index in [4.69, 9.17) is 4.42 Å². The molecule has 3 aromatic rings. The third kappa shape index (κ3) is 4.44. The summed E-state index contributed by atoms with van der Waals surface area (Å²) in [7, 11) is 1.92. The van der Waals surface area contributed by atoms with E-state index in [9.17, 15) is 4.79 Å². The molecule has 1 aliphatic heterocycles. The van der Waals surface area contributed by atoms with Crippen LogP contribution < -0.4 is 4.90 Å². The van der Waals surface area contributed by atoms with Gasteiger partial charge in [0.1, 0.15) is 12.3 Å². The molecule has 0 unspecified atom stereocenters. The van der Waals surface area contributed by atoms with E-state index in [-0.39, 0.29) is 11.2 Å². The number of benzene rings is 1. The molecule has 0 radical (unpaired) electrons. The van der Waals surface area contributed by atoms with E-state index in [1.54, 1.807) is 6.26 Å². The normalized spacial score (nSPS) is 16.0.